The van der Waals surface area contributed by atoms with Gasteiger partial charge in [-0.25, -0.2) is 0 Å². The molecule has 0 radical (unpaired) electrons. The molecule has 2 unspecified atom stereocenters. The van der Waals surface area contributed by atoms with Crippen LogP contribution in [0.1, 0.15) is 76.1 Å². The fraction of sp³-hybridized carbons (Fsp3) is 0.556. The van der Waals surface area contributed by atoms with Crippen LogP contribution in [0, 0.1) is 0 Å². The maximum absolute atomic E-state index is 6.36. The third kappa shape index (κ3) is 4.78. The quantitative estimate of drug-likeness (QED) is 0.534. The SMILES string of the molecule is CCCCC(OC(CCCC)c1ccco1)c1ccco1. The summed E-state index contributed by atoms with van der Waals surface area (Å²) in [5, 5.41) is 0. The molecule has 2 heterocycles. The first-order valence-electron chi connectivity index (χ1n) is 8.07. The van der Waals surface area contributed by atoms with Gasteiger partial charge >= 0.3 is 0 Å². The van der Waals surface area contributed by atoms with Crippen molar-refractivity contribution in [1.29, 1.82) is 0 Å². The van der Waals surface area contributed by atoms with Gasteiger partial charge in [0.15, 0.2) is 0 Å². The molecule has 2 rings (SSSR count). The Morgan fingerprint density at radius 3 is 1.67 bits per heavy atom. The Morgan fingerprint density at radius 2 is 1.33 bits per heavy atom. The van der Waals surface area contributed by atoms with Crippen molar-refractivity contribution in [1.82, 2.24) is 0 Å². The van der Waals surface area contributed by atoms with Gasteiger partial charge in [0, 0.05) is 0 Å². The second-order valence-corrected chi connectivity index (χ2v) is 5.43. The largest absolute Gasteiger partial charge is 0.467 e. The van der Waals surface area contributed by atoms with Crippen molar-refractivity contribution in [3.05, 3.63) is 48.3 Å². The first-order valence-corrected chi connectivity index (χ1v) is 8.07. The average Bonchev–Trinajstić information content (AvgIpc) is 3.19. The predicted molar refractivity (Wildman–Crippen MR) is 83.0 cm³/mol. The fourth-order valence-corrected chi connectivity index (χ4v) is 2.48. The van der Waals surface area contributed by atoms with Crippen LogP contribution in [0.3, 0.4) is 0 Å². The van der Waals surface area contributed by atoms with E-state index in [1.807, 2.05) is 24.3 Å². The molecule has 0 aliphatic carbocycles. The summed E-state index contributed by atoms with van der Waals surface area (Å²) in [4.78, 5) is 0. The van der Waals surface area contributed by atoms with Gasteiger partial charge in [0.05, 0.1) is 12.5 Å². The maximum Gasteiger partial charge on any atom is 0.132 e. The van der Waals surface area contributed by atoms with Gasteiger partial charge in [-0.1, -0.05) is 39.5 Å². The molecule has 0 saturated carbocycles. The summed E-state index contributed by atoms with van der Waals surface area (Å²) in [5.74, 6) is 1.83. The topological polar surface area (TPSA) is 35.5 Å². The molecule has 0 spiro atoms. The summed E-state index contributed by atoms with van der Waals surface area (Å²) in [6, 6.07) is 7.84. The fourth-order valence-electron chi connectivity index (χ4n) is 2.48. The van der Waals surface area contributed by atoms with E-state index in [4.69, 9.17) is 13.6 Å². The standard InChI is InChI=1S/C18H26O3/c1-3-5-9-17(15-11-7-13-19-15)21-18(10-6-4-2)16-12-8-14-20-16/h7-8,11-14,17-18H,3-6,9-10H2,1-2H3. The van der Waals surface area contributed by atoms with Crippen molar-refractivity contribution in [3.8, 4) is 0 Å². The Hall–Kier alpha value is -1.48. The van der Waals surface area contributed by atoms with Gasteiger partial charge in [0.25, 0.3) is 0 Å². The molecular formula is C18H26O3. The van der Waals surface area contributed by atoms with Crippen molar-refractivity contribution < 1.29 is 13.6 Å². The van der Waals surface area contributed by atoms with Gasteiger partial charge in [0.2, 0.25) is 0 Å². The number of furan rings is 2. The third-order valence-electron chi connectivity index (χ3n) is 3.69. The Kier molecular flexibility index (Phi) is 6.61. The zero-order valence-corrected chi connectivity index (χ0v) is 13.1. The molecule has 3 nitrogen and oxygen atoms in total. The highest BCUT2D eigenvalue weighted by atomic mass is 16.5. The van der Waals surface area contributed by atoms with Gasteiger partial charge in [0.1, 0.15) is 23.7 Å². The van der Waals surface area contributed by atoms with E-state index in [0.29, 0.717) is 0 Å². The minimum absolute atomic E-state index is 0.00639. The number of ether oxygens (including phenoxy) is 1. The minimum Gasteiger partial charge on any atom is -0.467 e. The van der Waals surface area contributed by atoms with Gasteiger partial charge < -0.3 is 13.6 Å². The minimum atomic E-state index is 0.00639. The monoisotopic (exact) mass is 290 g/mol. The smallest absolute Gasteiger partial charge is 0.132 e. The summed E-state index contributed by atoms with van der Waals surface area (Å²) in [5.41, 5.74) is 0. The van der Waals surface area contributed by atoms with Crippen molar-refractivity contribution in [2.75, 3.05) is 0 Å². The Morgan fingerprint density at radius 1 is 0.857 bits per heavy atom. The van der Waals surface area contributed by atoms with E-state index in [-0.39, 0.29) is 12.2 Å². The highest BCUT2D eigenvalue weighted by molar-refractivity contribution is 5.05. The molecule has 2 aromatic rings. The molecule has 0 aromatic carbocycles. The van der Waals surface area contributed by atoms with Crippen molar-refractivity contribution in [2.24, 2.45) is 0 Å². The molecule has 0 bridgehead atoms. The summed E-state index contributed by atoms with van der Waals surface area (Å²) >= 11 is 0. The Balaban J connectivity index is 2.07. The summed E-state index contributed by atoms with van der Waals surface area (Å²) in [7, 11) is 0. The molecular weight excluding hydrogens is 264 g/mol. The Bertz CT molecular complexity index is 414. The summed E-state index contributed by atoms with van der Waals surface area (Å²) in [6.07, 6.45) is 9.96. The molecule has 0 aliphatic rings. The van der Waals surface area contributed by atoms with E-state index >= 15 is 0 Å². The molecule has 116 valence electrons. The van der Waals surface area contributed by atoms with E-state index in [0.717, 1.165) is 50.0 Å². The number of hydrogen-bond acceptors (Lipinski definition) is 3. The second-order valence-electron chi connectivity index (χ2n) is 5.43. The zero-order chi connectivity index (χ0) is 14.9. The predicted octanol–water partition coefficient (Wildman–Crippen LogP) is 6.05. The molecule has 0 amide bonds. The van der Waals surface area contributed by atoms with E-state index in [2.05, 4.69) is 13.8 Å². The second kappa shape index (κ2) is 8.73. The van der Waals surface area contributed by atoms with Gasteiger partial charge in [-0.3, -0.25) is 0 Å². The molecule has 2 atom stereocenters. The lowest BCUT2D eigenvalue weighted by Gasteiger charge is -2.22. The lowest BCUT2D eigenvalue weighted by atomic mass is 10.1. The number of hydrogen-bond donors (Lipinski definition) is 0. The number of unbranched alkanes of at least 4 members (excludes halogenated alkanes) is 2. The van der Waals surface area contributed by atoms with Crippen LogP contribution in [-0.4, -0.2) is 0 Å². The summed E-state index contributed by atoms with van der Waals surface area (Å²) < 4.78 is 17.5. The molecule has 0 N–H and O–H groups in total. The van der Waals surface area contributed by atoms with E-state index in [1.54, 1.807) is 12.5 Å². The van der Waals surface area contributed by atoms with Crippen molar-refractivity contribution >= 4 is 0 Å². The average molecular weight is 290 g/mol. The summed E-state index contributed by atoms with van der Waals surface area (Å²) in [6.45, 7) is 4.39. The molecule has 0 saturated heterocycles. The highest BCUT2D eigenvalue weighted by Crippen LogP contribution is 2.33. The van der Waals surface area contributed by atoms with Gasteiger partial charge in [-0.05, 0) is 37.1 Å². The molecule has 0 fully saturated rings. The molecule has 2 aromatic heterocycles. The van der Waals surface area contributed by atoms with E-state index in [1.165, 1.54) is 0 Å². The normalized spacial score (nSPS) is 14.2. The van der Waals surface area contributed by atoms with Gasteiger partial charge in [-0.15, -0.1) is 0 Å². The lowest BCUT2D eigenvalue weighted by molar-refractivity contribution is -0.0458. The highest BCUT2D eigenvalue weighted by Gasteiger charge is 2.23. The van der Waals surface area contributed by atoms with Crippen LogP contribution >= 0.6 is 0 Å². The van der Waals surface area contributed by atoms with Crippen LogP contribution in [0.15, 0.2) is 45.6 Å². The van der Waals surface area contributed by atoms with E-state index in [9.17, 15) is 0 Å². The zero-order valence-electron chi connectivity index (χ0n) is 13.1. The van der Waals surface area contributed by atoms with Crippen LogP contribution in [0.5, 0.6) is 0 Å². The lowest BCUT2D eigenvalue weighted by Crippen LogP contribution is -2.10. The number of rotatable bonds is 10. The van der Waals surface area contributed by atoms with Crippen LogP contribution in [0.25, 0.3) is 0 Å². The third-order valence-corrected chi connectivity index (χ3v) is 3.69. The van der Waals surface area contributed by atoms with Crippen LogP contribution < -0.4 is 0 Å². The van der Waals surface area contributed by atoms with Crippen LogP contribution in [0.4, 0.5) is 0 Å². The maximum atomic E-state index is 6.36. The first-order chi connectivity index (χ1) is 10.3. The molecule has 21 heavy (non-hydrogen) atoms. The van der Waals surface area contributed by atoms with Crippen LogP contribution in [-0.2, 0) is 4.74 Å². The Labute approximate surface area is 127 Å². The van der Waals surface area contributed by atoms with Crippen LogP contribution in [0.2, 0.25) is 0 Å². The van der Waals surface area contributed by atoms with Crippen molar-refractivity contribution in [2.45, 2.75) is 64.6 Å². The van der Waals surface area contributed by atoms with Gasteiger partial charge in [-0.2, -0.15) is 0 Å². The first kappa shape index (κ1) is 15.9. The van der Waals surface area contributed by atoms with Crippen molar-refractivity contribution in [3.63, 3.8) is 0 Å². The molecule has 3 heteroatoms. The van der Waals surface area contributed by atoms with E-state index < -0.39 is 0 Å². The molecule has 0 aliphatic heterocycles.